The van der Waals surface area contributed by atoms with E-state index in [1.54, 1.807) is 0 Å². The van der Waals surface area contributed by atoms with Gasteiger partial charge in [-0.15, -0.1) is 11.6 Å². The van der Waals surface area contributed by atoms with Crippen LogP contribution in [0, 0.1) is 13.8 Å². The molecule has 15 heavy (non-hydrogen) atoms. The lowest BCUT2D eigenvalue weighted by molar-refractivity contribution is -0.137. The SMILES string of the molecule is Cc1ccc(C)c(CC(Cl)CC(=O)O)c1. The lowest BCUT2D eigenvalue weighted by Crippen LogP contribution is -2.10. The van der Waals surface area contributed by atoms with Crippen LogP contribution >= 0.6 is 11.6 Å². The lowest BCUT2D eigenvalue weighted by atomic mass is 10.0. The van der Waals surface area contributed by atoms with Gasteiger partial charge in [0, 0.05) is 5.38 Å². The highest BCUT2D eigenvalue weighted by atomic mass is 35.5. The third-order valence-corrected chi connectivity index (χ3v) is 2.65. The van der Waals surface area contributed by atoms with Crippen molar-refractivity contribution >= 4 is 17.6 Å². The summed E-state index contributed by atoms with van der Waals surface area (Å²) in [6.07, 6.45) is 0.621. The van der Waals surface area contributed by atoms with E-state index in [9.17, 15) is 4.79 Å². The molecule has 0 fully saturated rings. The van der Waals surface area contributed by atoms with E-state index in [2.05, 4.69) is 6.07 Å². The number of aryl methyl sites for hydroxylation is 2. The predicted octanol–water partition coefficient (Wildman–Crippen LogP) is 2.93. The highest BCUT2D eigenvalue weighted by Crippen LogP contribution is 2.16. The Balaban J connectivity index is 2.71. The molecule has 0 bridgehead atoms. The monoisotopic (exact) mass is 226 g/mol. The normalized spacial score (nSPS) is 12.5. The molecule has 1 unspecified atom stereocenters. The van der Waals surface area contributed by atoms with Crippen molar-refractivity contribution in [1.29, 1.82) is 0 Å². The summed E-state index contributed by atoms with van der Waals surface area (Å²) in [6.45, 7) is 4.03. The minimum atomic E-state index is -0.847. The maximum Gasteiger partial charge on any atom is 0.304 e. The summed E-state index contributed by atoms with van der Waals surface area (Å²) >= 11 is 5.95. The summed E-state index contributed by atoms with van der Waals surface area (Å²) in [4.78, 5) is 10.5. The molecule has 1 atom stereocenters. The fourth-order valence-electron chi connectivity index (χ4n) is 1.52. The molecule has 0 saturated heterocycles. The molecule has 0 aliphatic rings. The molecule has 1 rings (SSSR count). The van der Waals surface area contributed by atoms with Crippen molar-refractivity contribution in [2.45, 2.75) is 32.1 Å². The molecule has 0 saturated carbocycles. The van der Waals surface area contributed by atoms with Crippen molar-refractivity contribution in [3.63, 3.8) is 0 Å². The van der Waals surface area contributed by atoms with Gasteiger partial charge in [0.15, 0.2) is 0 Å². The van der Waals surface area contributed by atoms with Crippen LogP contribution in [0.1, 0.15) is 23.1 Å². The minimum Gasteiger partial charge on any atom is -0.481 e. The van der Waals surface area contributed by atoms with Crippen LogP contribution in [0.4, 0.5) is 0 Å². The molecule has 0 aliphatic heterocycles. The van der Waals surface area contributed by atoms with E-state index in [1.165, 1.54) is 5.56 Å². The van der Waals surface area contributed by atoms with E-state index in [0.717, 1.165) is 11.1 Å². The second kappa shape index (κ2) is 5.17. The molecular formula is C12H15ClO2. The first-order chi connectivity index (χ1) is 6.99. The van der Waals surface area contributed by atoms with Crippen LogP contribution in [-0.4, -0.2) is 16.5 Å². The van der Waals surface area contributed by atoms with Crippen LogP contribution < -0.4 is 0 Å². The highest BCUT2D eigenvalue weighted by Gasteiger charge is 2.11. The molecular weight excluding hydrogens is 212 g/mol. The number of hydrogen-bond acceptors (Lipinski definition) is 1. The van der Waals surface area contributed by atoms with Crippen LogP contribution in [0.25, 0.3) is 0 Å². The smallest absolute Gasteiger partial charge is 0.304 e. The second-order valence-corrected chi connectivity index (χ2v) is 4.45. The average molecular weight is 227 g/mol. The number of carboxylic acids is 1. The Morgan fingerprint density at radius 2 is 2.13 bits per heavy atom. The number of hydrogen-bond donors (Lipinski definition) is 1. The zero-order valence-electron chi connectivity index (χ0n) is 8.96. The van der Waals surface area contributed by atoms with Crippen LogP contribution in [0.2, 0.25) is 0 Å². The average Bonchev–Trinajstić information content (AvgIpc) is 2.10. The zero-order chi connectivity index (χ0) is 11.4. The maximum atomic E-state index is 10.5. The molecule has 3 heteroatoms. The van der Waals surface area contributed by atoms with Crippen LogP contribution in [0.3, 0.4) is 0 Å². The number of carboxylic acid groups (broad SMARTS) is 1. The number of aliphatic carboxylic acids is 1. The van der Waals surface area contributed by atoms with Gasteiger partial charge in [0.05, 0.1) is 6.42 Å². The fraction of sp³-hybridized carbons (Fsp3) is 0.417. The Labute approximate surface area is 94.9 Å². The summed E-state index contributed by atoms with van der Waals surface area (Å²) in [6, 6.07) is 6.14. The molecule has 0 amide bonds. The largest absolute Gasteiger partial charge is 0.481 e. The number of carbonyl (C=O) groups is 1. The molecule has 0 aliphatic carbocycles. The first-order valence-corrected chi connectivity index (χ1v) is 5.34. The highest BCUT2D eigenvalue weighted by molar-refractivity contribution is 6.21. The number of benzene rings is 1. The quantitative estimate of drug-likeness (QED) is 0.802. The molecule has 0 radical (unpaired) electrons. The second-order valence-electron chi connectivity index (χ2n) is 3.83. The van der Waals surface area contributed by atoms with Gasteiger partial charge in [0.1, 0.15) is 0 Å². The molecule has 0 spiro atoms. The molecule has 0 heterocycles. The summed E-state index contributed by atoms with van der Waals surface area (Å²) in [5, 5.41) is 8.27. The minimum absolute atomic E-state index is 0.00887. The molecule has 82 valence electrons. The van der Waals surface area contributed by atoms with E-state index in [4.69, 9.17) is 16.7 Å². The van der Waals surface area contributed by atoms with Gasteiger partial charge in [0.25, 0.3) is 0 Å². The van der Waals surface area contributed by atoms with Crippen molar-refractivity contribution in [3.05, 3.63) is 34.9 Å². The molecule has 1 N–H and O–H groups in total. The van der Waals surface area contributed by atoms with Crippen LogP contribution in [0.5, 0.6) is 0 Å². The number of rotatable bonds is 4. The third kappa shape index (κ3) is 3.92. The third-order valence-electron chi connectivity index (χ3n) is 2.34. The molecule has 1 aromatic carbocycles. The van der Waals surface area contributed by atoms with E-state index < -0.39 is 5.97 Å². The molecule has 0 aromatic heterocycles. The zero-order valence-corrected chi connectivity index (χ0v) is 9.71. The van der Waals surface area contributed by atoms with E-state index >= 15 is 0 Å². The van der Waals surface area contributed by atoms with Gasteiger partial charge in [-0.1, -0.05) is 23.8 Å². The van der Waals surface area contributed by atoms with Crippen molar-refractivity contribution in [2.24, 2.45) is 0 Å². The standard InChI is InChI=1S/C12H15ClO2/c1-8-3-4-9(2)10(5-8)6-11(13)7-12(14)15/h3-5,11H,6-7H2,1-2H3,(H,14,15). The van der Waals surface area contributed by atoms with E-state index in [1.807, 2.05) is 26.0 Å². The van der Waals surface area contributed by atoms with Gasteiger partial charge >= 0.3 is 5.97 Å². The Kier molecular flexibility index (Phi) is 4.15. The first kappa shape index (κ1) is 12.1. The van der Waals surface area contributed by atoms with E-state index in [-0.39, 0.29) is 11.8 Å². The fourth-order valence-corrected chi connectivity index (χ4v) is 1.82. The Hall–Kier alpha value is -1.02. The summed E-state index contributed by atoms with van der Waals surface area (Å²) in [5.74, 6) is -0.847. The van der Waals surface area contributed by atoms with Crippen molar-refractivity contribution in [2.75, 3.05) is 0 Å². The summed E-state index contributed by atoms with van der Waals surface area (Å²) in [5.41, 5.74) is 3.47. The topological polar surface area (TPSA) is 37.3 Å². The molecule has 2 nitrogen and oxygen atoms in total. The van der Waals surface area contributed by atoms with Crippen molar-refractivity contribution < 1.29 is 9.90 Å². The van der Waals surface area contributed by atoms with Crippen molar-refractivity contribution in [1.82, 2.24) is 0 Å². The van der Waals surface area contributed by atoms with Gasteiger partial charge in [-0.05, 0) is 31.4 Å². The van der Waals surface area contributed by atoms with Gasteiger partial charge in [-0.2, -0.15) is 0 Å². The lowest BCUT2D eigenvalue weighted by Gasteiger charge is -2.10. The number of alkyl halides is 1. The van der Waals surface area contributed by atoms with Crippen molar-refractivity contribution in [3.8, 4) is 0 Å². The number of halogens is 1. The maximum absolute atomic E-state index is 10.5. The van der Waals surface area contributed by atoms with E-state index in [0.29, 0.717) is 6.42 Å². The summed E-state index contributed by atoms with van der Waals surface area (Å²) in [7, 11) is 0. The molecule has 1 aromatic rings. The predicted molar refractivity (Wildman–Crippen MR) is 61.5 cm³/mol. The van der Waals surface area contributed by atoms with Gasteiger partial charge in [-0.3, -0.25) is 4.79 Å². The van der Waals surface area contributed by atoms with Crippen LogP contribution in [-0.2, 0) is 11.2 Å². The van der Waals surface area contributed by atoms with Gasteiger partial charge in [0.2, 0.25) is 0 Å². The first-order valence-electron chi connectivity index (χ1n) is 4.91. The summed E-state index contributed by atoms with van der Waals surface area (Å²) < 4.78 is 0. The van der Waals surface area contributed by atoms with Crippen LogP contribution in [0.15, 0.2) is 18.2 Å². The van der Waals surface area contributed by atoms with Gasteiger partial charge in [-0.25, -0.2) is 0 Å². The van der Waals surface area contributed by atoms with Gasteiger partial charge < -0.3 is 5.11 Å². The Morgan fingerprint density at radius 1 is 1.47 bits per heavy atom. The Morgan fingerprint density at radius 3 is 2.73 bits per heavy atom. The Bertz CT molecular complexity index is 361.